The van der Waals surface area contributed by atoms with Crippen LogP contribution in [0.5, 0.6) is 0 Å². The molecule has 1 heterocycles. The highest BCUT2D eigenvalue weighted by atomic mass is 35.5. The van der Waals surface area contributed by atoms with Crippen LogP contribution < -0.4 is 16.6 Å². The maximum atomic E-state index is 11.5. The molecule has 116 valence electrons. The van der Waals surface area contributed by atoms with E-state index in [0.29, 0.717) is 21.5 Å². The van der Waals surface area contributed by atoms with Gasteiger partial charge in [0.15, 0.2) is 0 Å². The number of halogens is 1. The van der Waals surface area contributed by atoms with Gasteiger partial charge in [-0.05, 0) is 40.8 Å². The summed E-state index contributed by atoms with van der Waals surface area (Å²) in [7, 11) is 0. The third kappa shape index (κ3) is 3.41. The number of pyridine rings is 1. The molecule has 0 unspecified atom stereocenters. The summed E-state index contributed by atoms with van der Waals surface area (Å²) in [5.74, 6) is -0.337. The minimum Gasteiger partial charge on any atom is -0.329 e. The quantitative estimate of drug-likeness (QED) is 0.529. The van der Waals surface area contributed by atoms with E-state index in [1.807, 2.05) is 0 Å². The van der Waals surface area contributed by atoms with Gasteiger partial charge in [0.1, 0.15) is 0 Å². The fourth-order valence-electron chi connectivity index (χ4n) is 2.18. The SMILES string of the molecule is NCC(=O)Nc1cc2cc[nH]c(=O)c2cc1Cl.c1cc2cc-2c1. The van der Waals surface area contributed by atoms with E-state index in [9.17, 15) is 9.59 Å². The molecule has 0 saturated heterocycles. The molecule has 4 rings (SSSR count). The van der Waals surface area contributed by atoms with Crippen LogP contribution in [0, 0.1) is 0 Å². The van der Waals surface area contributed by atoms with Gasteiger partial charge in [-0.15, -0.1) is 0 Å². The lowest BCUT2D eigenvalue weighted by atomic mass is 10.1. The number of carbonyl (C=O) groups is 1. The highest BCUT2D eigenvalue weighted by Gasteiger charge is 2.08. The maximum absolute atomic E-state index is 11.5. The van der Waals surface area contributed by atoms with Gasteiger partial charge in [-0.3, -0.25) is 9.59 Å². The van der Waals surface area contributed by atoms with Gasteiger partial charge in [-0.1, -0.05) is 29.8 Å². The zero-order valence-electron chi connectivity index (χ0n) is 12.1. The molecule has 1 aromatic carbocycles. The summed E-state index contributed by atoms with van der Waals surface area (Å²) in [6, 6.07) is 13.4. The molecule has 6 heteroatoms. The van der Waals surface area contributed by atoms with Crippen LogP contribution in [-0.2, 0) is 4.79 Å². The van der Waals surface area contributed by atoms with E-state index in [-0.39, 0.29) is 18.0 Å². The Morgan fingerprint density at radius 3 is 2.48 bits per heavy atom. The van der Waals surface area contributed by atoms with Crippen molar-refractivity contribution in [1.82, 2.24) is 4.98 Å². The summed E-state index contributed by atoms with van der Waals surface area (Å²) in [6.45, 7) is -0.121. The monoisotopic (exact) mass is 327 g/mol. The van der Waals surface area contributed by atoms with Crippen molar-refractivity contribution in [1.29, 1.82) is 0 Å². The van der Waals surface area contributed by atoms with E-state index in [1.165, 1.54) is 23.4 Å². The van der Waals surface area contributed by atoms with Crippen molar-refractivity contribution in [2.45, 2.75) is 0 Å². The standard InChI is InChI=1S/C11H10ClN3O2.C6H4/c12-8-4-7-6(1-2-14-11(7)17)3-9(8)15-10(16)5-13;1-2-5-4-6(5)3-1/h1-4H,5,13H2,(H,14,17)(H,15,16);1-4H. The highest BCUT2D eigenvalue weighted by molar-refractivity contribution is 6.34. The molecule has 0 radical (unpaired) electrons. The summed E-state index contributed by atoms with van der Waals surface area (Å²) in [4.78, 5) is 25.2. The summed E-state index contributed by atoms with van der Waals surface area (Å²) in [5, 5.41) is 4.04. The Bertz CT molecular complexity index is 933. The van der Waals surface area contributed by atoms with Crippen LogP contribution in [0.15, 0.2) is 53.5 Å². The Balaban J connectivity index is 0.000000213. The Kier molecular flexibility index (Phi) is 4.14. The van der Waals surface area contributed by atoms with Crippen molar-refractivity contribution in [2.75, 3.05) is 11.9 Å². The smallest absolute Gasteiger partial charge is 0.255 e. The van der Waals surface area contributed by atoms with Crippen LogP contribution in [0.2, 0.25) is 5.02 Å². The van der Waals surface area contributed by atoms with Gasteiger partial charge >= 0.3 is 0 Å². The van der Waals surface area contributed by atoms with Crippen LogP contribution in [0.3, 0.4) is 0 Å². The van der Waals surface area contributed by atoms with Gasteiger partial charge in [0.25, 0.3) is 5.56 Å². The van der Waals surface area contributed by atoms with Gasteiger partial charge in [-0.2, -0.15) is 0 Å². The average molecular weight is 328 g/mol. The molecule has 0 saturated carbocycles. The van der Waals surface area contributed by atoms with Crippen molar-refractivity contribution in [2.24, 2.45) is 5.73 Å². The summed E-state index contributed by atoms with van der Waals surface area (Å²) >= 11 is 5.97. The van der Waals surface area contributed by atoms with Gasteiger partial charge in [0, 0.05) is 11.6 Å². The van der Waals surface area contributed by atoms with E-state index in [1.54, 1.807) is 12.1 Å². The number of nitrogens with two attached hydrogens (primary N) is 1. The molecular formula is C17H14ClN3O2. The third-order valence-corrected chi connectivity index (χ3v) is 3.75. The lowest BCUT2D eigenvalue weighted by molar-refractivity contribution is -0.114. The molecule has 0 bridgehead atoms. The van der Waals surface area contributed by atoms with E-state index in [2.05, 4.69) is 34.6 Å². The van der Waals surface area contributed by atoms with Crippen molar-refractivity contribution in [3.63, 3.8) is 0 Å². The Labute approximate surface area is 137 Å². The number of aromatic amines is 1. The zero-order valence-corrected chi connectivity index (χ0v) is 12.9. The second-order valence-corrected chi connectivity index (χ2v) is 5.47. The maximum Gasteiger partial charge on any atom is 0.255 e. The number of amides is 1. The Hall–Kier alpha value is -2.63. The number of benzene rings is 2. The number of hydrogen-bond acceptors (Lipinski definition) is 3. The molecule has 2 aliphatic carbocycles. The molecule has 1 aromatic heterocycles. The number of nitrogens with one attached hydrogen (secondary N) is 2. The number of rotatable bonds is 2. The topological polar surface area (TPSA) is 88.0 Å². The second-order valence-electron chi connectivity index (χ2n) is 5.06. The first-order chi connectivity index (χ1) is 11.1. The highest BCUT2D eigenvalue weighted by Crippen LogP contribution is 2.32. The van der Waals surface area contributed by atoms with Crippen LogP contribution in [0.4, 0.5) is 5.69 Å². The van der Waals surface area contributed by atoms with Crippen LogP contribution in [-0.4, -0.2) is 17.4 Å². The summed E-state index contributed by atoms with van der Waals surface area (Å²) < 4.78 is 0. The Morgan fingerprint density at radius 2 is 1.91 bits per heavy atom. The first-order valence-electron chi connectivity index (χ1n) is 7.00. The predicted octanol–water partition coefficient (Wildman–Crippen LogP) is 2.75. The molecule has 0 fully saturated rings. The molecule has 2 aromatic rings. The molecule has 1 amide bonds. The summed E-state index contributed by atoms with van der Waals surface area (Å²) in [5.41, 5.74) is 8.27. The lowest BCUT2D eigenvalue weighted by Crippen LogP contribution is -2.22. The fraction of sp³-hybridized carbons (Fsp3) is 0.0588. The third-order valence-electron chi connectivity index (χ3n) is 3.43. The fourth-order valence-corrected chi connectivity index (χ4v) is 2.39. The van der Waals surface area contributed by atoms with Crippen molar-refractivity contribution >= 4 is 34.0 Å². The number of hydrogen-bond donors (Lipinski definition) is 3. The van der Waals surface area contributed by atoms with Crippen LogP contribution in [0.1, 0.15) is 0 Å². The molecule has 4 N–H and O–H groups in total. The van der Waals surface area contributed by atoms with E-state index >= 15 is 0 Å². The van der Waals surface area contributed by atoms with Crippen LogP contribution >= 0.6 is 11.6 Å². The number of carbonyl (C=O) groups excluding carboxylic acids is 1. The first kappa shape index (κ1) is 15.3. The predicted molar refractivity (Wildman–Crippen MR) is 92.7 cm³/mol. The molecule has 0 atom stereocenters. The van der Waals surface area contributed by atoms with Crippen molar-refractivity contribution in [3.05, 3.63) is 64.0 Å². The van der Waals surface area contributed by atoms with Crippen molar-refractivity contribution in [3.8, 4) is 11.1 Å². The van der Waals surface area contributed by atoms with Gasteiger partial charge in [0.05, 0.1) is 17.3 Å². The lowest BCUT2D eigenvalue weighted by Gasteiger charge is -2.07. The van der Waals surface area contributed by atoms with Crippen LogP contribution in [0.25, 0.3) is 21.9 Å². The molecule has 0 spiro atoms. The normalized spacial score (nSPS) is 10.7. The minimum absolute atomic E-state index is 0.121. The summed E-state index contributed by atoms with van der Waals surface area (Å²) in [6.07, 6.45) is 1.53. The average Bonchev–Trinajstić information content (AvgIpc) is 3.15. The largest absolute Gasteiger partial charge is 0.329 e. The molecule has 0 aliphatic heterocycles. The molecule has 5 nitrogen and oxygen atoms in total. The number of aromatic nitrogens is 1. The van der Waals surface area contributed by atoms with Gasteiger partial charge in [-0.25, -0.2) is 0 Å². The zero-order chi connectivity index (χ0) is 16.4. The van der Waals surface area contributed by atoms with E-state index < -0.39 is 0 Å². The molecule has 23 heavy (non-hydrogen) atoms. The first-order valence-corrected chi connectivity index (χ1v) is 7.37. The van der Waals surface area contributed by atoms with E-state index in [0.717, 1.165) is 0 Å². The number of anilines is 1. The van der Waals surface area contributed by atoms with Gasteiger partial charge in [0.2, 0.25) is 5.91 Å². The second kappa shape index (κ2) is 6.24. The van der Waals surface area contributed by atoms with E-state index in [4.69, 9.17) is 17.3 Å². The minimum atomic E-state index is -0.337. The molecular weight excluding hydrogens is 314 g/mol. The number of fused-ring (bicyclic) bond motifs is 2. The Morgan fingerprint density at radius 1 is 1.17 bits per heavy atom. The van der Waals surface area contributed by atoms with Crippen molar-refractivity contribution < 1.29 is 4.79 Å². The van der Waals surface area contributed by atoms with Gasteiger partial charge < -0.3 is 16.0 Å². The number of H-pyrrole nitrogens is 1. The molecule has 2 aliphatic rings.